The molecule has 0 aliphatic heterocycles. The highest BCUT2D eigenvalue weighted by Gasteiger charge is 2.04. The fourth-order valence-electron chi connectivity index (χ4n) is 1.59. The molecular weight excluding hydrogens is 262 g/mol. The lowest BCUT2D eigenvalue weighted by atomic mass is 10.2. The van der Waals surface area contributed by atoms with Crippen LogP contribution in [0.25, 0.3) is 5.69 Å². The zero-order valence-electron chi connectivity index (χ0n) is 10.4. The standard InChI is InChI=1S/C12H13N5O3/c13-11(16-19)8-1-3-10(4-2-8)17-5-9(15-7-17)6-20-12(14)18/h1-5,7,19H,6H2,(H2,13,16)(H2,14,18). The SMILES string of the molecule is NC(=O)OCc1cn(-c2ccc(C(N)=NO)cc2)cn1. The van der Waals surface area contributed by atoms with Crippen LogP contribution in [-0.4, -0.2) is 26.7 Å². The number of rotatable bonds is 4. The number of amides is 1. The van der Waals surface area contributed by atoms with Crippen LogP contribution >= 0.6 is 0 Å². The molecule has 104 valence electrons. The number of hydrogen-bond donors (Lipinski definition) is 3. The number of nitrogens with two attached hydrogens (primary N) is 2. The Kier molecular flexibility index (Phi) is 3.85. The molecule has 0 aliphatic rings. The second-order valence-electron chi connectivity index (χ2n) is 3.91. The molecule has 0 bridgehead atoms. The van der Waals surface area contributed by atoms with Gasteiger partial charge in [-0.2, -0.15) is 0 Å². The summed E-state index contributed by atoms with van der Waals surface area (Å²) in [6.07, 6.45) is 2.45. The van der Waals surface area contributed by atoms with Gasteiger partial charge in [0.05, 0.1) is 12.0 Å². The summed E-state index contributed by atoms with van der Waals surface area (Å²) in [6, 6.07) is 7.00. The first-order valence-electron chi connectivity index (χ1n) is 5.63. The van der Waals surface area contributed by atoms with Crippen molar-refractivity contribution in [2.24, 2.45) is 16.6 Å². The van der Waals surface area contributed by atoms with E-state index in [1.807, 2.05) is 0 Å². The van der Waals surface area contributed by atoms with Crippen LogP contribution < -0.4 is 11.5 Å². The highest BCUT2D eigenvalue weighted by Crippen LogP contribution is 2.11. The summed E-state index contributed by atoms with van der Waals surface area (Å²) in [5.41, 5.74) is 12.4. The minimum absolute atomic E-state index is 0.0184. The molecule has 8 nitrogen and oxygen atoms in total. The average Bonchev–Trinajstić information content (AvgIpc) is 2.93. The summed E-state index contributed by atoms with van der Waals surface area (Å²) < 4.78 is 6.39. The predicted molar refractivity (Wildman–Crippen MR) is 70.4 cm³/mol. The van der Waals surface area contributed by atoms with Gasteiger partial charge in [0.1, 0.15) is 6.61 Å². The Morgan fingerprint density at radius 1 is 1.35 bits per heavy atom. The normalized spacial score (nSPS) is 11.3. The van der Waals surface area contributed by atoms with Crippen molar-refractivity contribution in [2.75, 3.05) is 0 Å². The van der Waals surface area contributed by atoms with Crippen LogP contribution in [0.5, 0.6) is 0 Å². The fourth-order valence-corrected chi connectivity index (χ4v) is 1.59. The lowest BCUT2D eigenvalue weighted by molar-refractivity contribution is 0.149. The summed E-state index contributed by atoms with van der Waals surface area (Å²) in [4.78, 5) is 14.6. The van der Waals surface area contributed by atoms with Gasteiger partial charge < -0.3 is 26.0 Å². The van der Waals surface area contributed by atoms with Crippen LogP contribution in [-0.2, 0) is 11.3 Å². The van der Waals surface area contributed by atoms with E-state index in [1.54, 1.807) is 41.4 Å². The van der Waals surface area contributed by atoms with Crippen LogP contribution in [0.15, 0.2) is 41.9 Å². The van der Waals surface area contributed by atoms with E-state index < -0.39 is 6.09 Å². The molecule has 8 heteroatoms. The number of imidazole rings is 1. The molecule has 0 fully saturated rings. The van der Waals surface area contributed by atoms with Gasteiger partial charge in [0.15, 0.2) is 5.84 Å². The van der Waals surface area contributed by atoms with E-state index in [2.05, 4.69) is 14.9 Å². The predicted octanol–water partition coefficient (Wildman–Crippen LogP) is 0.562. The third kappa shape index (κ3) is 3.05. The molecule has 0 spiro atoms. The molecular formula is C12H13N5O3. The Labute approximate surface area is 114 Å². The van der Waals surface area contributed by atoms with Gasteiger partial charge >= 0.3 is 6.09 Å². The van der Waals surface area contributed by atoms with Crippen molar-refractivity contribution in [3.05, 3.63) is 48.0 Å². The van der Waals surface area contributed by atoms with Gasteiger partial charge in [-0.1, -0.05) is 5.16 Å². The number of nitrogens with zero attached hydrogens (tertiary/aromatic N) is 3. The lowest BCUT2D eigenvalue weighted by Crippen LogP contribution is -2.12. The summed E-state index contributed by atoms with van der Waals surface area (Å²) in [6.45, 7) is 0.0184. The smallest absolute Gasteiger partial charge is 0.404 e. The summed E-state index contributed by atoms with van der Waals surface area (Å²) in [5, 5.41) is 11.5. The maximum atomic E-state index is 10.5. The number of carbonyl (C=O) groups excluding carboxylic acids is 1. The van der Waals surface area contributed by atoms with E-state index in [0.717, 1.165) is 5.69 Å². The minimum Gasteiger partial charge on any atom is -0.443 e. The van der Waals surface area contributed by atoms with E-state index >= 15 is 0 Å². The van der Waals surface area contributed by atoms with Gasteiger partial charge in [0.2, 0.25) is 0 Å². The number of oxime groups is 1. The molecule has 1 amide bonds. The first-order valence-corrected chi connectivity index (χ1v) is 5.63. The highest BCUT2D eigenvalue weighted by atomic mass is 16.5. The third-order valence-corrected chi connectivity index (χ3v) is 2.57. The van der Waals surface area contributed by atoms with Crippen molar-refractivity contribution < 1.29 is 14.7 Å². The quantitative estimate of drug-likeness (QED) is 0.325. The topological polar surface area (TPSA) is 129 Å². The Morgan fingerprint density at radius 2 is 2.05 bits per heavy atom. The van der Waals surface area contributed by atoms with E-state index in [-0.39, 0.29) is 12.4 Å². The van der Waals surface area contributed by atoms with Crippen molar-refractivity contribution in [1.82, 2.24) is 9.55 Å². The van der Waals surface area contributed by atoms with E-state index in [9.17, 15) is 4.79 Å². The number of amidine groups is 1. The molecule has 0 saturated carbocycles. The number of benzene rings is 1. The summed E-state index contributed by atoms with van der Waals surface area (Å²) >= 11 is 0. The summed E-state index contributed by atoms with van der Waals surface area (Å²) in [5.74, 6) is 0.0396. The van der Waals surface area contributed by atoms with Gasteiger partial charge in [0.25, 0.3) is 0 Å². The van der Waals surface area contributed by atoms with Crippen molar-refractivity contribution in [2.45, 2.75) is 6.61 Å². The molecule has 0 aliphatic carbocycles. The Balaban J connectivity index is 2.14. The van der Waals surface area contributed by atoms with Crippen LogP contribution in [0.4, 0.5) is 4.79 Å². The molecule has 0 radical (unpaired) electrons. The number of carbonyl (C=O) groups is 1. The van der Waals surface area contributed by atoms with E-state index in [4.69, 9.17) is 16.7 Å². The number of aromatic nitrogens is 2. The van der Waals surface area contributed by atoms with Crippen molar-refractivity contribution in [3.8, 4) is 5.69 Å². The Morgan fingerprint density at radius 3 is 2.65 bits per heavy atom. The number of ether oxygens (including phenoxy) is 1. The second-order valence-corrected chi connectivity index (χ2v) is 3.91. The third-order valence-electron chi connectivity index (χ3n) is 2.57. The van der Waals surface area contributed by atoms with E-state index in [1.165, 1.54) is 0 Å². The Hall–Kier alpha value is -3.03. The molecule has 0 unspecified atom stereocenters. The minimum atomic E-state index is -0.845. The molecule has 0 atom stereocenters. The molecule has 1 aromatic heterocycles. The van der Waals surface area contributed by atoms with Crippen LogP contribution in [0.1, 0.15) is 11.3 Å². The van der Waals surface area contributed by atoms with Crippen molar-refractivity contribution in [1.29, 1.82) is 0 Å². The van der Waals surface area contributed by atoms with Crippen molar-refractivity contribution >= 4 is 11.9 Å². The van der Waals surface area contributed by atoms with Gasteiger partial charge in [-0.3, -0.25) is 0 Å². The molecule has 2 aromatic rings. The highest BCUT2D eigenvalue weighted by molar-refractivity contribution is 5.97. The van der Waals surface area contributed by atoms with Gasteiger partial charge in [0, 0.05) is 17.4 Å². The molecule has 5 N–H and O–H groups in total. The first-order chi connectivity index (χ1) is 9.60. The van der Waals surface area contributed by atoms with Crippen molar-refractivity contribution in [3.63, 3.8) is 0 Å². The number of hydrogen-bond acceptors (Lipinski definition) is 5. The fraction of sp³-hybridized carbons (Fsp3) is 0.0833. The van der Waals surface area contributed by atoms with Gasteiger partial charge in [-0.15, -0.1) is 0 Å². The Bertz CT molecular complexity index is 633. The monoisotopic (exact) mass is 275 g/mol. The van der Waals surface area contributed by atoms with Gasteiger partial charge in [-0.25, -0.2) is 9.78 Å². The molecule has 20 heavy (non-hydrogen) atoms. The first kappa shape index (κ1) is 13.4. The van der Waals surface area contributed by atoms with Crippen LogP contribution in [0.3, 0.4) is 0 Å². The second kappa shape index (κ2) is 5.74. The average molecular weight is 275 g/mol. The molecule has 1 heterocycles. The molecule has 2 rings (SSSR count). The summed E-state index contributed by atoms with van der Waals surface area (Å²) in [7, 11) is 0. The zero-order valence-corrected chi connectivity index (χ0v) is 10.4. The van der Waals surface area contributed by atoms with Gasteiger partial charge in [-0.05, 0) is 24.3 Å². The lowest BCUT2D eigenvalue weighted by Gasteiger charge is -2.03. The van der Waals surface area contributed by atoms with E-state index in [0.29, 0.717) is 11.3 Å². The molecule has 1 aromatic carbocycles. The maximum absolute atomic E-state index is 10.5. The largest absolute Gasteiger partial charge is 0.443 e. The van der Waals surface area contributed by atoms with Crippen LogP contribution in [0.2, 0.25) is 0 Å². The molecule has 0 saturated heterocycles. The van der Waals surface area contributed by atoms with Crippen LogP contribution in [0, 0.1) is 0 Å². The maximum Gasteiger partial charge on any atom is 0.404 e. The number of primary amides is 1. The zero-order chi connectivity index (χ0) is 14.5.